The van der Waals surface area contributed by atoms with E-state index in [-0.39, 0.29) is 0 Å². The van der Waals surface area contributed by atoms with Crippen LogP contribution in [0.5, 0.6) is 0 Å². The van der Waals surface area contributed by atoms with E-state index in [1.54, 1.807) is 22.7 Å². The van der Waals surface area contributed by atoms with Crippen molar-refractivity contribution in [2.45, 2.75) is 0 Å². The Balaban J connectivity index is 1.33. The zero-order valence-electron chi connectivity index (χ0n) is 25.6. The van der Waals surface area contributed by atoms with Gasteiger partial charge in [0.25, 0.3) is 0 Å². The number of hydrogen-bond donors (Lipinski definition) is 0. The van der Waals surface area contributed by atoms with Crippen LogP contribution in [0.15, 0.2) is 157 Å². The van der Waals surface area contributed by atoms with Gasteiger partial charge in [-0.2, -0.15) is 0 Å². The van der Waals surface area contributed by atoms with E-state index in [2.05, 4.69) is 119 Å². The summed E-state index contributed by atoms with van der Waals surface area (Å²) in [6.07, 6.45) is 7.49. The van der Waals surface area contributed by atoms with E-state index < -0.39 is 0 Å². The fourth-order valence-corrected chi connectivity index (χ4v) is 7.82. The maximum atomic E-state index is 4.98. The first-order valence-corrected chi connectivity index (χ1v) is 17.4. The Morgan fingerprint density at radius 1 is 0.333 bits per heavy atom. The van der Waals surface area contributed by atoms with Crippen molar-refractivity contribution >= 4 is 44.2 Å². The molecule has 0 aliphatic carbocycles. The fraction of sp³-hybridized carbons (Fsp3) is 0. The standard InChI is InChI=1S/C42H26N4S2/c1-2-7-27(8-3-1)28-9-6-10-29(23-28)30-13-14-35-36(24-30)40(38-26-32(16-18-44-38)42-46-20-22-48-42)34-12-5-4-11-33(34)39(35)37-25-31(15-17-43-37)41-45-19-21-47-41/h1-26H. The highest BCUT2D eigenvalue weighted by atomic mass is 32.1. The van der Waals surface area contributed by atoms with E-state index in [1.807, 2.05) is 47.7 Å². The van der Waals surface area contributed by atoms with Crippen LogP contribution >= 0.6 is 22.7 Å². The Bertz CT molecular complexity index is 2560. The molecule has 4 aromatic heterocycles. The van der Waals surface area contributed by atoms with Crippen LogP contribution in [0.4, 0.5) is 0 Å². The van der Waals surface area contributed by atoms with Gasteiger partial charge in [-0.1, -0.05) is 84.9 Å². The molecule has 0 amide bonds. The lowest BCUT2D eigenvalue weighted by Crippen LogP contribution is -1.95. The summed E-state index contributed by atoms with van der Waals surface area (Å²) in [5, 5.41) is 10.5. The van der Waals surface area contributed by atoms with Crippen LogP contribution in [0.1, 0.15) is 0 Å². The third kappa shape index (κ3) is 5.08. The van der Waals surface area contributed by atoms with Crippen molar-refractivity contribution in [3.8, 4) is 65.9 Å². The van der Waals surface area contributed by atoms with Gasteiger partial charge < -0.3 is 0 Å². The molecule has 0 fully saturated rings. The zero-order chi connectivity index (χ0) is 31.9. The van der Waals surface area contributed by atoms with Crippen molar-refractivity contribution in [3.05, 3.63) is 157 Å². The molecule has 6 heteroatoms. The second-order valence-corrected chi connectivity index (χ2v) is 13.3. The number of hydrogen-bond acceptors (Lipinski definition) is 6. The molecule has 0 N–H and O–H groups in total. The second kappa shape index (κ2) is 12.1. The molecule has 0 aliphatic rings. The third-order valence-electron chi connectivity index (χ3n) is 8.72. The van der Waals surface area contributed by atoms with Crippen LogP contribution in [0.3, 0.4) is 0 Å². The maximum absolute atomic E-state index is 4.98. The first-order valence-electron chi connectivity index (χ1n) is 15.7. The molecule has 0 bridgehead atoms. The smallest absolute Gasteiger partial charge is 0.123 e. The van der Waals surface area contributed by atoms with Gasteiger partial charge in [-0.3, -0.25) is 9.97 Å². The van der Waals surface area contributed by atoms with Crippen molar-refractivity contribution < 1.29 is 0 Å². The summed E-state index contributed by atoms with van der Waals surface area (Å²) in [5.74, 6) is 0. The molecule has 0 unspecified atom stereocenters. The molecular formula is C42H26N4S2. The van der Waals surface area contributed by atoms with Crippen LogP contribution in [0.2, 0.25) is 0 Å². The van der Waals surface area contributed by atoms with Gasteiger partial charge in [0, 0.05) is 57.8 Å². The molecule has 0 atom stereocenters. The maximum Gasteiger partial charge on any atom is 0.123 e. The van der Waals surface area contributed by atoms with E-state index in [0.717, 1.165) is 76.3 Å². The number of thiazole rings is 2. The second-order valence-electron chi connectivity index (χ2n) is 11.5. The third-order valence-corrected chi connectivity index (χ3v) is 10.4. The predicted octanol–water partition coefficient (Wildman–Crippen LogP) is 11.7. The lowest BCUT2D eigenvalue weighted by atomic mass is 9.86. The summed E-state index contributed by atoms with van der Waals surface area (Å²) in [5.41, 5.74) is 10.8. The number of benzene rings is 5. The monoisotopic (exact) mass is 650 g/mol. The van der Waals surface area contributed by atoms with Crippen molar-refractivity contribution in [3.63, 3.8) is 0 Å². The Morgan fingerprint density at radius 2 is 0.854 bits per heavy atom. The summed E-state index contributed by atoms with van der Waals surface area (Å²) in [7, 11) is 0. The first kappa shape index (κ1) is 28.4. The minimum atomic E-state index is 0.912. The van der Waals surface area contributed by atoms with Gasteiger partial charge >= 0.3 is 0 Å². The SMILES string of the molecule is c1ccc(-c2cccc(-c3ccc4c(-c5cc(-c6nccs6)ccn5)c5ccccc5c(-c5cc(-c6nccs6)ccn5)c4c3)c2)cc1. The quantitative estimate of drug-likeness (QED) is 0.168. The van der Waals surface area contributed by atoms with Gasteiger partial charge in [0.15, 0.2) is 0 Å². The molecule has 9 aromatic rings. The summed E-state index contributed by atoms with van der Waals surface area (Å²) in [6, 6.07) is 43.2. The number of fused-ring (bicyclic) bond motifs is 2. The van der Waals surface area contributed by atoms with Crippen LogP contribution in [-0.2, 0) is 0 Å². The highest BCUT2D eigenvalue weighted by Crippen LogP contribution is 2.45. The van der Waals surface area contributed by atoms with E-state index in [0.29, 0.717) is 0 Å². The molecule has 0 saturated heterocycles. The van der Waals surface area contributed by atoms with E-state index >= 15 is 0 Å². The van der Waals surface area contributed by atoms with Gasteiger partial charge in [0.2, 0.25) is 0 Å². The fourth-order valence-electron chi connectivity index (χ4n) is 6.55. The first-order chi connectivity index (χ1) is 23.8. The van der Waals surface area contributed by atoms with Crippen LogP contribution in [0.25, 0.3) is 87.5 Å². The van der Waals surface area contributed by atoms with Crippen molar-refractivity contribution in [1.29, 1.82) is 0 Å². The molecule has 4 nitrogen and oxygen atoms in total. The normalized spacial score (nSPS) is 11.3. The molecule has 4 heterocycles. The van der Waals surface area contributed by atoms with Gasteiger partial charge in [0.05, 0.1) is 11.4 Å². The lowest BCUT2D eigenvalue weighted by molar-refractivity contribution is 1.32. The molecular weight excluding hydrogens is 625 g/mol. The highest BCUT2D eigenvalue weighted by molar-refractivity contribution is 7.13. The van der Waals surface area contributed by atoms with E-state index in [9.17, 15) is 0 Å². The molecule has 226 valence electrons. The molecule has 0 aliphatic heterocycles. The molecule has 9 rings (SSSR count). The average molecular weight is 651 g/mol. The topological polar surface area (TPSA) is 51.6 Å². The minimum Gasteiger partial charge on any atom is -0.256 e. The molecule has 48 heavy (non-hydrogen) atoms. The summed E-state index contributed by atoms with van der Waals surface area (Å²) in [4.78, 5) is 19.1. The number of aromatic nitrogens is 4. The van der Waals surface area contributed by atoms with Crippen molar-refractivity contribution in [2.24, 2.45) is 0 Å². The van der Waals surface area contributed by atoms with Gasteiger partial charge in [-0.05, 0) is 80.2 Å². The van der Waals surface area contributed by atoms with Gasteiger partial charge in [-0.15, -0.1) is 22.7 Å². The molecule has 0 radical (unpaired) electrons. The summed E-state index contributed by atoms with van der Waals surface area (Å²) in [6.45, 7) is 0. The van der Waals surface area contributed by atoms with Crippen molar-refractivity contribution in [1.82, 2.24) is 19.9 Å². The van der Waals surface area contributed by atoms with Crippen LogP contribution < -0.4 is 0 Å². The largest absolute Gasteiger partial charge is 0.256 e. The summed E-state index contributed by atoms with van der Waals surface area (Å²) >= 11 is 3.27. The van der Waals surface area contributed by atoms with Gasteiger partial charge in [-0.25, -0.2) is 9.97 Å². The number of nitrogens with zero attached hydrogens (tertiary/aromatic N) is 4. The molecule has 0 saturated carbocycles. The van der Waals surface area contributed by atoms with Crippen LogP contribution in [-0.4, -0.2) is 19.9 Å². The zero-order valence-corrected chi connectivity index (χ0v) is 27.2. The Kier molecular flexibility index (Phi) is 7.15. The Hall–Kier alpha value is -5.82. The van der Waals surface area contributed by atoms with E-state index in [4.69, 9.17) is 9.97 Å². The van der Waals surface area contributed by atoms with Crippen molar-refractivity contribution in [2.75, 3.05) is 0 Å². The number of pyridine rings is 2. The summed E-state index contributed by atoms with van der Waals surface area (Å²) < 4.78 is 0. The predicted molar refractivity (Wildman–Crippen MR) is 201 cm³/mol. The van der Waals surface area contributed by atoms with E-state index in [1.165, 1.54) is 11.1 Å². The Labute approximate surface area is 285 Å². The minimum absolute atomic E-state index is 0.912. The highest BCUT2D eigenvalue weighted by Gasteiger charge is 2.20. The number of rotatable bonds is 6. The molecule has 0 spiro atoms. The Morgan fingerprint density at radius 3 is 1.46 bits per heavy atom. The van der Waals surface area contributed by atoms with Crippen LogP contribution in [0, 0.1) is 0 Å². The van der Waals surface area contributed by atoms with Gasteiger partial charge in [0.1, 0.15) is 10.0 Å². The lowest BCUT2D eigenvalue weighted by Gasteiger charge is -2.18. The average Bonchev–Trinajstić information content (AvgIpc) is 3.90. The molecule has 5 aromatic carbocycles.